The van der Waals surface area contributed by atoms with Gasteiger partial charge in [0.15, 0.2) is 0 Å². The molecule has 0 aliphatic rings. The number of nitrogen functional groups attached to an aromatic ring is 1. The molecule has 0 atom stereocenters. The molecule has 0 bridgehead atoms. The van der Waals surface area contributed by atoms with Crippen molar-refractivity contribution in [3.05, 3.63) is 62.5 Å². The smallest absolute Gasteiger partial charge is 0.250 e. The Balaban J connectivity index is 2.49. The van der Waals surface area contributed by atoms with Crippen LogP contribution in [0.1, 0.15) is 5.56 Å². The Bertz CT molecular complexity index is 655. The third kappa shape index (κ3) is 2.43. The minimum Gasteiger partial charge on any atom is -0.398 e. The van der Waals surface area contributed by atoms with Crippen LogP contribution in [0.2, 0.25) is 0 Å². The van der Waals surface area contributed by atoms with E-state index in [4.69, 9.17) is 5.73 Å². The van der Waals surface area contributed by atoms with Crippen LogP contribution in [0.4, 0.5) is 14.5 Å². The predicted molar refractivity (Wildman–Crippen MR) is 68.3 cm³/mol. The molecule has 0 saturated heterocycles. The van der Waals surface area contributed by atoms with Crippen LogP contribution in [0.25, 0.3) is 0 Å². The normalized spacial score (nSPS) is 10.6. The first-order valence-electron chi connectivity index (χ1n) is 5.07. The molecule has 1 aromatic carbocycles. The summed E-state index contributed by atoms with van der Waals surface area (Å²) >= 11 is 2.97. The molecule has 2 N–H and O–H groups in total. The van der Waals surface area contributed by atoms with Gasteiger partial charge in [-0.1, -0.05) is 0 Å². The second kappa shape index (κ2) is 4.89. The second-order valence-corrected chi connectivity index (χ2v) is 4.60. The molecule has 2 aromatic rings. The molecule has 1 aromatic heterocycles. The Kier molecular flexibility index (Phi) is 3.47. The van der Waals surface area contributed by atoms with Gasteiger partial charge in [-0.3, -0.25) is 4.79 Å². The van der Waals surface area contributed by atoms with Crippen molar-refractivity contribution in [2.75, 3.05) is 5.73 Å². The van der Waals surface area contributed by atoms with Crippen molar-refractivity contribution in [2.45, 2.75) is 6.54 Å². The first-order valence-corrected chi connectivity index (χ1v) is 5.86. The van der Waals surface area contributed by atoms with Crippen LogP contribution in [0, 0.1) is 11.6 Å². The van der Waals surface area contributed by atoms with E-state index >= 15 is 0 Å². The zero-order valence-electron chi connectivity index (χ0n) is 9.16. The van der Waals surface area contributed by atoms with Gasteiger partial charge in [-0.05, 0) is 34.1 Å². The van der Waals surface area contributed by atoms with Gasteiger partial charge in [0, 0.05) is 23.5 Å². The summed E-state index contributed by atoms with van der Waals surface area (Å²) in [5, 5.41) is 0. The molecular weight excluding hydrogens is 306 g/mol. The Morgan fingerprint density at radius 1 is 1.22 bits per heavy atom. The molecule has 0 aliphatic carbocycles. The summed E-state index contributed by atoms with van der Waals surface area (Å²) < 4.78 is 28.6. The molecule has 0 amide bonds. The average molecular weight is 315 g/mol. The van der Waals surface area contributed by atoms with Gasteiger partial charge in [-0.25, -0.2) is 8.78 Å². The molecule has 0 aliphatic heterocycles. The molecule has 0 unspecified atom stereocenters. The Morgan fingerprint density at radius 3 is 2.67 bits per heavy atom. The molecule has 6 heteroatoms. The van der Waals surface area contributed by atoms with Gasteiger partial charge >= 0.3 is 0 Å². The lowest BCUT2D eigenvalue weighted by Gasteiger charge is -2.09. The van der Waals surface area contributed by atoms with Crippen molar-refractivity contribution in [3.8, 4) is 0 Å². The van der Waals surface area contributed by atoms with Crippen molar-refractivity contribution in [2.24, 2.45) is 0 Å². The summed E-state index contributed by atoms with van der Waals surface area (Å²) in [6.45, 7) is -0.207. The third-order valence-corrected chi connectivity index (χ3v) is 3.09. The third-order valence-electron chi connectivity index (χ3n) is 2.47. The fraction of sp³-hybridized carbons (Fsp3) is 0.0833. The topological polar surface area (TPSA) is 48.0 Å². The van der Waals surface area contributed by atoms with Crippen LogP contribution >= 0.6 is 15.9 Å². The fourth-order valence-electron chi connectivity index (χ4n) is 1.56. The second-order valence-electron chi connectivity index (χ2n) is 3.75. The number of rotatable bonds is 2. The lowest BCUT2D eigenvalue weighted by Crippen LogP contribution is -2.20. The lowest BCUT2D eigenvalue weighted by atomic mass is 10.2. The molecule has 0 spiro atoms. The van der Waals surface area contributed by atoms with Gasteiger partial charge in [0.25, 0.3) is 5.56 Å². The first kappa shape index (κ1) is 12.8. The van der Waals surface area contributed by atoms with Gasteiger partial charge in [0.2, 0.25) is 0 Å². The van der Waals surface area contributed by atoms with E-state index in [9.17, 15) is 13.6 Å². The molecule has 0 saturated carbocycles. The molecule has 0 radical (unpaired) electrons. The summed E-state index contributed by atoms with van der Waals surface area (Å²) in [6, 6.07) is 5.10. The Hall–Kier alpha value is -1.69. The average Bonchev–Trinajstić information content (AvgIpc) is 2.34. The van der Waals surface area contributed by atoms with E-state index in [0.717, 1.165) is 10.6 Å². The Labute approximate surface area is 110 Å². The van der Waals surface area contributed by atoms with E-state index < -0.39 is 11.6 Å². The van der Waals surface area contributed by atoms with Crippen molar-refractivity contribution in [1.82, 2.24) is 4.57 Å². The number of hydrogen-bond acceptors (Lipinski definition) is 2. The van der Waals surface area contributed by atoms with E-state index in [-0.39, 0.29) is 22.1 Å². The number of benzene rings is 1. The van der Waals surface area contributed by atoms with Gasteiger partial charge in [0.05, 0.1) is 11.0 Å². The van der Waals surface area contributed by atoms with E-state index in [1.807, 2.05) is 0 Å². The van der Waals surface area contributed by atoms with E-state index in [1.54, 1.807) is 0 Å². The van der Waals surface area contributed by atoms with E-state index in [0.29, 0.717) is 5.69 Å². The number of aromatic nitrogens is 1. The highest BCUT2D eigenvalue weighted by molar-refractivity contribution is 9.10. The van der Waals surface area contributed by atoms with Crippen LogP contribution in [-0.4, -0.2) is 4.57 Å². The van der Waals surface area contributed by atoms with Crippen LogP contribution in [0.15, 0.2) is 39.7 Å². The summed E-state index contributed by atoms with van der Waals surface area (Å²) in [5.41, 5.74) is 5.33. The molecule has 94 valence electrons. The van der Waals surface area contributed by atoms with Crippen molar-refractivity contribution < 1.29 is 8.78 Å². The minimum atomic E-state index is -0.718. The van der Waals surface area contributed by atoms with Crippen LogP contribution in [0.3, 0.4) is 0 Å². The fourth-order valence-corrected chi connectivity index (χ4v) is 1.93. The highest BCUT2D eigenvalue weighted by Gasteiger charge is 2.13. The molecule has 1 heterocycles. The van der Waals surface area contributed by atoms with E-state index in [1.165, 1.54) is 24.4 Å². The summed E-state index contributed by atoms with van der Waals surface area (Å²) in [7, 11) is 0. The van der Waals surface area contributed by atoms with Crippen molar-refractivity contribution in [1.29, 1.82) is 0 Å². The molecule has 18 heavy (non-hydrogen) atoms. The summed E-state index contributed by atoms with van der Waals surface area (Å²) in [6.07, 6.45) is 1.35. The van der Waals surface area contributed by atoms with Gasteiger partial charge in [0.1, 0.15) is 11.6 Å². The number of pyridine rings is 1. The first-order chi connectivity index (χ1) is 8.49. The quantitative estimate of drug-likeness (QED) is 0.866. The maximum absolute atomic E-state index is 13.7. The lowest BCUT2D eigenvalue weighted by molar-refractivity contribution is 0.538. The highest BCUT2D eigenvalue weighted by atomic mass is 79.9. The van der Waals surface area contributed by atoms with Gasteiger partial charge < -0.3 is 10.3 Å². The number of nitrogens with zero attached hydrogens (tertiary/aromatic N) is 1. The predicted octanol–water partition coefficient (Wildman–Crippen LogP) is 2.52. The van der Waals surface area contributed by atoms with Crippen LogP contribution < -0.4 is 11.3 Å². The van der Waals surface area contributed by atoms with Crippen LogP contribution in [0.5, 0.6) is 0 Å². The minimum absolute atomic E-state index is 0.149. The summed E-state index contributed by atoms with van der Waals surface area (Å²) in [5.74, 6) is -1.42. The Morgan fingerprint density at radius 2 is 1.94 bits per heavy atom. The largest absolute Gasteiger partial charge is 0.398 e. The maximum Gasteiger partial charge on any atom is 0.250 e. The maximum atomic E-state index is 13.7. The monoisotopic (exact) mass is 314 g/mol. The van der Waals surface area contributed by atoms with Crippen molar-refractivity contribution >= 4 is 21.6 Å². The SMILES string of the molecule is Nc1ccc(=O)n(Cc2c(F)ccc(Br)c2F)c1. The summed E-state index contributed by atoms with van der Waals surface area (Å²) in [4.78, 5) is 11.5. The van der Waals surface area contributed by atoms with Crippen LogP contribution in [-0.2, 0) is 6.54 Å². The van der Waals surface area contributed by atoms with Gasteiger partial charge in [-0.15, -0.1) is 0 Å². The molecular formula is C12H9BrF2N2O. The molecule has 2 rings (SSSR count). The molecule has 0 fully saturated rings. The molecule has 3 nitrogen and oxygen atoms in total. The number of nitrogens with two attached hydrogens (primary N) is 1. The zero-order valence-corrected chi connectivity index (χ0v) is 10.7. The standard InChI is InChI=1S/C12H9BrF2N2O/c13-9-2-3-10(14)8(12(9)15)6-17-5-7(16)1-4-11(17)18/h1-5H,6,16H2. The highest BCUT2D eigenvalue weighted by Crippen LogP contribution is 2.22. The number of anilines is 1. The number of halogens is 3. The van der Waals surface area contributed by atoms with Gasteiger partial charge in [-0.2, -0.15) is 0 Å². The van der Waals surface area contributed by atoms with Crippen molar-refractivity contribution in [3.63, 3.8) is 0 Å². The van der Waals surface area contributed by atoms with E-state index in [2.05, 4.69) is 15.9 Å². The zero-order chi connectivity index (χ0) is 13.3. The number of hydrogen-bond donors (Lipinski definition) is 1.